The summed E-state index contributed by atoms with van der Waals surface area (Å²) < 4.78 is 1.56. The second-order valence-corrected chi connectivity index (χ2v) is 4.95. The lowest BCUT2D eigenvalue weighted by Gasteiger charge is -2.09. The van der Waals surface area contributed by atoms with Gasteiger partial charge >= 0.3 is 0 Å². The third kappa shape index (κ3) is 3.23. The first-order valence-electron chi connectivity index (χ1n) is 5.98. The number of tetrazole rings is 1. The molecule has 1 aromatic carbocycles. The number of hydrogen-bond acceptors (Lipinski definition) is 7. The second kappa shape index (κ2) is 6.33. The van der Waals surface area contributed by atoms with Crippen molar-refractivity contribution in [1.82, 2.24) is 20.2 Å². The van der Waals surface area contributed by atoms with Crippen LogP contribution in [0.3, 0.4) is 0 Å². The lowest BCUT2D eigenvalue weighted by Crippen LogP contribution is -2.02. The number of nitro groups is 1. The molecule has 0 unspecified atom stereocenters. The molecule has 0 amide bonds. The molecule has 1 N–H and O–H groups in total. The van der Waals surface area contributed by atoms with Gasteiger partial charge in [0.05, 0.1) is 4.92 Å². The molecular formula is C11H14N6O2S. The van der Waals surface area contributed by atoms with Gasteiger partial charge in [0.2, 0.25) is 5.16 Å². The molecule has 9 heteroatoms. The van der Waals surface area contributed by atoms with E-state index >= 15 is 0 Å². The summed E-state index contributed by atoms with van der Waals surface area (Å²) in [6.07, 6.45) is 0. The number of nitrogens with one attached hydrogen (secondary N) is 1. The Morgan fingerprint density at radius 3 is 2.90 bits per heavy atom. The van der Waals surface area contributed by atoms with Crippen molar-refractivity contribution in [3.8, 4) is 0 Å². The van der Waals surface area contributed by atoms with Gasteiger partial charge in [-0.05, 0) is 29.0 Å². The first kappa shape index (κ1) is 14.3. The van der Waals surface area contributed by atoms with Crippen LogP contribution in [0.25, 0.3) is 0 Å². The number of anilines is 1. The largest absolute Gasteiger partial charge is 0.385 e. The molecule has 106 valence electrons. The van der Waals surface area contributed by atoms with Crippen LogP contribution >= 0.6 is 11.8 Å². The smallest absolute Gasteiger partial charge is 0.269 e. The van der Waals surface area contributed by atoms with E-state index in [1.807, 2.05) is 6.92 Å². The zero-order valence-corrected chi connectivity index (χ0v) is 11.9. The maximum atomic E-state index is 10.9. The minimum atomic E-state index is -0.395. The molecule has 0 atom stereocenters. The Bertz CT molecular complexity index is 615. The summed E-state index contributed by atoms with van der Waals surface area (Å²) in [6, 6.07) is 4.80. The molecule has 2 rings (SSSR count). The fourth-order valence-electron chi connectivity index (χ4n) is 1.66. The van der Waals surface area contributed by atoms with E-state index in [1.165, 1.54) is 17.8 Å². The summed E-state index contributed by atoms with van der Waals surface area (Å²) >= 11 is 1.43. The molecule has 1 aromatic heterocycles. The Balaban J connectivity index is 2.21. The molecule has 0 bridgehead atoms. The number of hydrogen-bond donors (Lipinski definition) is 1. The first-order chi connectivity index (χ1) is 9.61. The van der Waals surface area contributed by atoms with Gasteiger partial charge in [-0.25, -0.2) is 4.68 Å². The molecule has 0 aliphatic rings. The number of thioether (sulfide) groups is 1. The fraction of sp³-hybridized carbons (Fsp3) is 0.364. The molecule has 0 fully saturated rings. The number of aromatic nitrogens is 4. The molecule has 0 radical (unpaired) electrons. The van der Waals surface area contributed by atoms with Gasteiger partial charge in [0.15, 0.2) is 0 Å². The normalized spacial score (nSPS) is 10.5. The van der Waals surface area contributed by atoms with Crippen LogP contribution in [0.4, 0.5) is 11.4 Å². The van der Waals surface area contributed by atoms with E-state index in [0.717, 1.165) is 17.8 Å². The van der Waals surface area contributed by atoms with Gasteiger partial charge in [0, 0.05) is 37.2 Å². The van der Waals surface area contributed by atoms with Crippen molar-refractivity contribution in [2.45, 2.75) is 17.8 Å². The minimum Gasteiger partial charge on any atom is -0.385 e. The number of nitro benzene ring substituents is 1. The monoisotopic (exact) mass is 294 g/mol. The first-order valence-corrected chi connectivity index (χ1v) is 6.96. The topological polar surface area (TPSA) is 98.8 Å². The summed E-state index contributed by atoms with van der Waals surface area (Å²) in [4.78, 5) is 10.5. The highest BCUT2D eigenvalue weighted by atomic mass is 32.2. The maximum Gasteiger partial charge on any atom is 0.269 e. The molecule has 0 saturated heterocycles. The predicted octanol–water partition coefficient (Wildman–Crippen LogP) is 1.84. The maximum absolute atomic E-state index is 10.9. The van der Waals surface area contributed by atoms with Gasteiger partial charge in [0.25, 0.3) is 5.69 Å². The Morgan fingerprint density at radius 1 is 1.50 bits per heavy atom. The molecule has 20 heavy (non-hydrogen) atoms. The Labute approximate surface area is 119 Å². The summed E-state index contributed by atoms with van der Waals surface area (Å²) in [6.45, 7) is 2.73. The Hall–Kier alpha value is -2.16. The van der Waals surface area contributed by atoms with Crippen LogP contribution in [-0.4, -0.2) is 31.7 Å². The van der Waals surface area contributed by atoms with Gasteiger partial charge in [-0.15, -0.1) is 5.10 Å². The fourth-order valence-corrected chi connectivity index (χ4v) is 2.50. The van der Waals surface area contributed by atoms with E-state index in [2.05, 4.69) is 20.8 Å². The van der Waals surface area contributed by atoms with Crippen molar-refractivity contribution < 1.29 is 4.92 Å². The number of nitrogens with zero attached hydrogens (tertiary/aromatic N) is 5. The minimum absolute atomic E-state index is 0.0818. The van der Waals surface area contributed by atoms with E-state index in [9.17, 15) is 10.1 Å². The molecule has 0 aliphatic heterocycles. The van der Waals surface area contributed by atoms with Crippen molar-refractivity contribution in [2.75, 3.05) is 11.9 Å². The van der Waals surface area contributed by atoms with Crippen molar-refractivity contribution in [3.63, 3.8) is 0 Å². The van der Waals surface area contributed by atoms with Crippen molar-refractivity contribution >= 4 is 23.1 Å². The molecule has 2 aromatic rings. The lowest BCUT2D eigenvalue weighted by atomic mass is 10.2. The molecular weight excluding hydrogens is 280 g/mol. The highest BCUT2D eigenvalue weighted by molar-refractivity contribution is 7.98. The van der Waals surface area contributed by atoms with Crippen LogP contribution in [0.2, 0.25) is 0 Å². The van der Waals surface area contributed by atoms with Crippen molar-refractivity contribution in [2.24, 2.45) is 7.05 Å². The van der Waals surface area contributed by atoms with Crippen LogP contribution in [0.15, 0.2) is 23.4 Å². The van der Waals surface area contributed by atoms with E-state index in [4.69, 9.17) is 0 Å². The Morgan fingerprint density at radius 2 is 2.30 bits per heavy atom. The van der Waals surface area contributed by atoms with Crippen molar-refractivity contribution in [3.05, 3.63) is 33.9 Å². The third-order valence-electron chi connectivity index (χ3n) is 2.60. The van der Waals surface area contributed by atoms with Gasteiger partial charge < -0.3 is 5.32 Å². The van der Waals surface area contributed by atoms with Crippen LogP contribution in [0, 0.1) is 10.1 Å². The predicted molar refractivity (Wildman–Crippen MR) is 75.6 cm³/mol. The standard InChI is InChI=1S/C11H14N6O2S/c1-3-12-10-5-4-9(17(18)19)6-8(10)7-20-11-13-14-15-16(11)2/h4-6,12H,3,7H2,1-2H3. The average molecular weight is 294 g/mol. The zero-order chi connectivity index (χ0) is 14.5. The average Bonchev–Trinajstić information content (AvgIpc) is 2.83. The molecule has 1 heterocycles. The van der Waals surface area contributed by atoms with Crippen LogP contribution in [0.5, 0.6) is 0 Å². The number of non-ortho nitro benzene ring substituents is 1. The van der Waals surface area contributed by atoms with Crippen LogP contribution < -0.4 is 5.32 Å². The highest BCUT2D eigenvalue weighted by Crippen LogP contribution is 2.28. The van der Waals surface area contributed by atoms with Crippen LogP contribution in [-0.2, 0) is 12.8 Å². The van der Waals surface area contributed by atoms with Gasteiger partial charge in [-0.2, -0.15) is 0 Å². The van der Waals surface area contributed by atoms with Gasteiger partial charge in [0.1, 0.15) is 0 Å². The van der Waals surface area contributed by atoms with Gasteiger partial charge in [-0.3, -0.25) is 10.1 Å². The third-order valence-corrected chi connectivity index (χ3v) is 3.66. The molecule has 0 spiro atoms. The van der Waals surface area contributed by atoms with E-state index in [0.29, 0.717) is 10.9 Å². The molecule has 0 saturated carbocycles. The van der Waals surface area contributed by atoms with E-state index in [1.54, 1.807) is 23.9 Å². The van der Waals surface area contributed by atoms with Crippen molar-refractivity contribution in [1.29, 1.82) is 0 Å². The number of benzene rings is 1. The number of aryl methyl sites for hydroxylation is 1. The quantitative estimate of drug-likeness (QED) is 0.493. The Kier molecular flexibility index (Phi) is 4.51. The lowest BCUT2D eigenvalue weighted by molar-refractivity contribution is -0.384. The zero-order valence-electron chi connectivity index (χ0n) is 11.1. The highest BCUT2D eigenvalue weighted by Gasteiger charge is 2.12. The molecule has 8 nitrogen and oxygen atoms in total. The van der Waals surface area contributed by atoms with Gasteiger partial charge in [-0.1, -0.05) is 11.8 Å². The van der Waals surface area contributed by atoms with Crippen LogP contribution in [0.1, 0.15) is 12.5 Å². The van der Waals surface area contributed by atoms with E-state index in [-0.39, 0.29) is 5.69 Å². The number of rotatable bonds is 6. The SMILES string of the molecule is CCNc1ccc([N+](=O)[O-])cc1CSc1nnnn1C. The summed E-state index contributed by atoms with van der Waals surface area (Å²) in [5.41, 5.74) is 1.83. The molecule has 0 aliphatic carbocycles. The van der Waals surface area contributed by atoms with E-state index < -0.39 is 4.92 Å². The second-order valence-electron chi connectivity index (χ2n) is 4.00. The summed E-state index contributed by atoms with van der Waals surface area (Å²) in [5.74, 6) is 0.554. The summed E-state index contributed by atoms with van der Waals surface area (Å²) in [7, 11) is 1.75. The summed E-state index contributed by atoms with van der Waals surface area (Å²) in [5, 5.41) is 25.9.